The van der Waals surface area contributed by atoms with Crippen molar-refractivity contribution in [1.29, 1.82) is 0 Å². The fraction of sp³-hybridized carbons (Fsp3) is 0.0769. The van der Waals surface area contributed by atoms with Gasteiger partial charge in [0.1, 0.15) is 17.2 Å². The normalized spacial score (nSPS) is 14.4. The number of anilines is 2. The summed E-state index contributed by atoms with van der Waals surface area (Å²) in [5, 5.41) is 4.53. The van der Waals surface area contributed by atoms with Crippen molar-refractivity contribution in [3.8, 4) is 5.75 Å². The van der Waals surface area contributed by atoms with Crippen LogP contribution >= 0.6 is 11.8 Å². The van der Waals surface area contributed by atoms with Crippen molar-refractivity contribution in [2.45, 2.75) is 11.8 Å². The highest BCUT2D eigenvalue weighted by Gasteiger charge is 2.36. The number of nitrogens with zero attached hydrogens (tertiary/aromatic N) is 1. The average Bonchev–Trinajstić information content (AvgIpc) is 3.13. The lowest BCUT2D eigenvalue weighted by molar-refractivity contribution is -0.127. The van der Waals surface area contributed by atoms with Crippen LogP contribution in [0.1, 0.15) is 12.5 Å². The van der Waals surface area contributed by atoms with Crippen LogP contribution in [0, 0.1) is 0 Å². The first-order valence-corrected chi connectivity index (χ1v) is 13.4. The summed E-state index contributed by atoms with van der Waals surface area (Å²) in [5.41, 5.74) is 1.19. The highest BCUT2D eigenvalue weighted by atomic mass is 32.2. The predicted octanol–water partition coefficient (Wildman–Crippen LogP) is 4.09. The standard InChI is InChI=1S/C26H21N3O7S2/c1-17(30)27-20-11-13-21(14-12-20)38(34,35)36-22-10-6-5-7-18(22)15-23-25(32)29(26(33)37-23)16-24(31)28-19-8-3-2-4-9-19/h2-15H,16H2,1H3,(H,27,30)(H,28,31)/b23-15-. The molecule has 38 heavy (non-hydrogen) atoms. The van der Waals surface area contributed by atoms with Crippen molar-refractivity contribution in [2.75, 3.05) is 17.2 Å². The zero-order chi connectivity index (χ0) is 27.3. The number of rotatable bonds is 8. The lowest BCUT2D eigenvalue weighted by Gasteiger charge is -2.12. The van der Waals surface area contributed by atoms with Crippen LogP contribution in [-0.4, -0.2) is 42.8 Å². The van der Waals surface area contributed by atoms with E-state index in [4.69, 9.17) is 4.18 Å². The van der Waals surface area contributed by atoms with Gasteiger partial charge >= 0.3 is 10.1 Å². The first kappa shape index (κ1) is 26.6. The summed E-state index contributed by atoms with van der Waals surface area (Å²) in [4.78, 5) is 49.5. The van der Waals surface area contributed by atoms with E-state index in [-0.39, 0.29) is 27.0 Å². The molecule has 0 aliphatic carbocycles. The molecule has 194 valence electrons. The Labute approximate surface area is 222 Å². The first-order chi connectivity index (χ1) is 18.1. The molecule has 0 bridgehead atoms. The quantitative estimate of drug-likeness (QED) is 0.315. The minimum absolute atomic E-state index is 0.00983. The van der Waals surface area contributed by atoms with Gasteiger partial charge in [0, 0.05) is 23.9 Å². The van der Waals surface area contributed by atoms with Crippen LogP contribution in [0.3, 0.4) is 0 Å². The topological polar surface area (TPSA) is 139 Å². The maximum absolute atomic E-state index is 12.9. The van der Waals surface area contributed by atoms with Crippen LogP contribution in [0.25, 0.3) is 6.08 Å². The molecule has 0 radical (unpaired) electrons. The number of benzene rings is 3. The van der Waals surface area contributed by atoms with Gasteiger partial charge in [-0.25, -0.2) is 0 Å². The third-order valence-electron chi connectivity index (χ3n) is 5.10. The molecule has 1 heterocycles. The van der Waals surface area contributed by atoms with Gasteiger partial charge in [0.15, 0.2) is 0 Å². The van der Waals surface area contributed by atoms with E-state index < -0.39 is 33.7 Å². The van der Waals surface area contributed by atoms with Crippen molar-refractivity contribution >= 4 is 62.3 Å². The molecule has 3 aromatic carbocycles. The van der Waals surface area contributed by atoms with Crippen molar-refractivity contribution in [3.63, 3.8) is 0 Å². The Balaban J connectivity index is 1.50. The zero-order valence-corrected chi connectivity index (χ0v) is 21.5. The Morgan fingerprint density at radius 3 is 2.21 bits per heavy atom. The van der Waals surface area contributed by atoms with Gasteiger partial charge in [0.05, 0.1) is 4.91 Å². The third-order valence-corrected chi connectivity index (χ3v) is 7.26. The van der Waals surface area contributed by atoms with E-state index >= 15 is 0 Å². The van der Waals surface area contributed by atoms with E-state index in [2.05, 4.69) is 10.6 Å². The van der Waals surface area contributed by atoms with Crippen molar-refractivity contribution in [2.24, 2.45) is 0 Å². The Bertz CT molecular complexity index is 1540. The van der Waals surface area contributed by atoms with Gasteiger partial charge < -0.3 is 14.8 Å². The first-order valence-electron chi connectivity index (χ1n) is 11.1. The van der Waals surface area contributed by atoms with E-state index in [0.29, 0.717) is 23.1 Å². The summed E-state index contributed by atoms with van der Waals surface area (Å²) < 4.78 is 31.0. The molecule has 1 fully saturated rings. The molecule has 0 unspecified atom stereocenters. The number of hydrogen-bond acceptors (Lipinski definition) is 8. The molecule has 3 aromatic rings. The van der Waals surface area contributed by atoms with Crippen LogP contribution in [0.15, 0.2) is 88.7 Å². The molecule has 4 amide bonds. The smallest absolute Gasteiger partial charge is 0.339 e. The number of amides is 4. The number of para-hydroxylation sites is 2. The molecule has 1 saturated heterocycles. The number of nitrogens with one attached hydrogen (secondary N) is 2. The number of thioether (sulfide) groups is 1. The van der Waals surface area contributed by atoms with E-state index in [1.54, 1.807) is 42.5 Å². The second-order valence-electron chi connectivity index (χ2n) is 7.96. The van der Waals surface area contributed by atoms with Crippen LogP contribution in [0.4, 0.5) is 16.2 Å². The van der Waals surface area contributed by atoms with Crippen molar-refractivity contribution in [1.82, 2.24) is 4.90 Å². The highest BCUT2D eigenvalue weighted by Crippen LogP contribution is 2.34. The van der Waals surface area contributed by atoms with Crippen LogP contribution in [0.2, 0.25) is 0 Å². The fourth-order valence-electron chi connectivity index (χ4n) is 3.39. The lowest BCUT2D eigenvalue weighted by Crippen LogP contribution is -2.36. The van der Waals surface area contributed by atoms with E-state index in [1.807, 2.05) is 0 Å². The number of carbonyl (C=O) groups excluding carboxylic acids is 4. The molecule has 1 aliphatic heterocycles. The molecule has 0 atom stereocenters. The second-order valence-corrected chi connectivity index (χ2v) is 10.5. The zero-order valence-electron chi connectivity index (χ0n) is 19.9. The van der Waals surface area contributed by atoms with Crippen LogP contribution in [-0.2, 0) is 24.5 Å². The summed E-state index contributed by atoms with van der Waals surface area (Å²) in [5.74, 6) is -1.59. The molecular formula is C26H21N3O7S2. The molecule has 0 aromatic heterocycles. The molecule has 4 rings (SSSR count). The predicted molar refractivity (Wildman–Crippen MR) is 143 cm³/mol. The Morgan fingerprint density at radius 1 is 0.895 bits per heavy atom. The van der Waals surface area contributed by atoms with Crippen molar-refractivity contribution < 1.29 is 31.8 Å². The van der Waals surface area contributed by atoms with Crippen LogP contribution < -0.4 is 14.8 Å². The van der Waals surface area contributed by atoms with Crippen molar-refractivity contribution in [3.05, 3.63) is 89.3 Å². The van der Waals surface area contributed by atoms with Gasteiger partial charge in [0.25, 0.3) is 11.1 Å². The number of imide groups is 1. The molecular weight excluding hydrogens is 530 g/mol. The van der Waals surface area contributed by atoms with Gasteiger partial charge in [-0.3, -0.25) is 24.1 Å². The summed E-state index contributed by atoms with van der Waals surface area (Å²) in [6.07, 6.45) is 1.34. The SMILES string of the molecule is CC(=O)Nc1ccc(S(=O)(=O)Oc2ccccc2/C=C2\SC(=O)N(CC(=O)Nc3ccccc3)C2=O)cc1. The van der Waals surface area contributed by atoms with Gasteiger partial charge in [-0.1, -0.05) is 36.4 Å². The summed E-state index contributed by atoms with van der Waals surface area (Å²) in [7, 11) is -4.26. The Hall–Kier alpha value is -4.42. The maximum Gasteiger partial charge on any atom is 0.339 e. The minimum Gasteiger partial charge on any atom is -0.378 e. The molecule has 0 spiro atoms. The van der Waals surface area contributed by atoms with Gasteiger partial charge in [-0.05, 0) is 60.3 Å². The molecule has 1 aliphatic rings. The lowest BCUT2D eigenvalue weighted by atomic mass is 10.2. The van der Waals surface area contributed by atoms with E-state index in [1.165, 1.54) is 49.4 Å². The Kier molecular flexibility index (Phi) is 7.93. The summed E-state index contributed by atoms with van der Waals surface area (Å²) >= 11 is 0.633. The third kappa shape index (κ3) is 6.47. The average molecular weight is 552 g/mol. The fourth-order valence-corrected chi connectivity index (χ4v) is 5.18. The molecule has 0 saturated carbocycles. The summed E-state index contributed by atoms with van der Waals surface area (Å²) in [6.45, 7) is 0.858. The molecule has 12 heteroatoms. The van der Waals surface area contributed by atoms with E-state index in [0.717, 1.165) is 4.90 Å². The maximum atomic E-state index is 12.9. The van der Waals surface area contributed by atoms with Gasteiger partial charge in [0.2, 0.25) is 11.8 Å². The summed E-state index contributed by atoms with van der Waals surface area (Å²) in [6, 6.07) is 20.1. The second kappa shape index (κ2) is 11.3. The number of hydrogen-bond donors (Lipinski definition) is 2. The van der Waals surface area contributed by atoms with Crippen LogP contribution in [0.5, 0.6) is 5.75 Å². The molecule has 10 nitrogen and oxygen atoms in total. The monoisotopic (exact) mass is 551 g/mol. The number of carbonyl (C=O) groups is 4. The van der Waals surface area contributed by atoms with Gasteiger partial charge in [-0.15, -0.1) is 0 Å². The Morgan fingerprint density at radius 2 is 1.53 bits per heavy atom. The largest absolute Gasteiger partial charge is 0.378 e. The minimum atomic E-state index is -4.26. The highest BCUT2D eigenvalue weighted by molar-refractivity contribution is 8.18. The van der Waals surface area contributed by atoms with E-state index in [9.17, 15) is 27.6 Å². The molecule has 2 N–H and O–H groups in total. The van der Waals surface area contributed by atoms with Gasteiger partial charge in [-0.2, -0.15) is 8.42 Å².